The third kappa shape index (κ3) is 2.38. The monoisotopic (exact) mass is 312 g/mol. The predicted molar refractivity (Wildman–Crippen MR) is 85.5 cm³/mol. The van der Waals surface area contributed by atoms with Gasteiger partial charge in [-0.25, -0.2) is 0 Å². The molecular formula is C16H12N2O5. The lowest BCUT2D eigenvalue weighted by Gasteiger charge is -2.07. The van der Waals surface area contributed by atoms with Gasteiger partial charge in [-0.1, -0.05) is 12.1 Å². The number of para-hydroxylation sites is 1. The molecule has 0 fully saturated rings. The fraction of sp³-hybridized carbons (Fsp3) is 0.0625. The lowest BCUT2D eigenvalue weighted by atomic mass is 10.1. The van der Waals surface area contributed by atoms with Crippen molar-refractivity contribution >= 4 is 22.3 Å². The molecule has 1 heterocycles. The Kier molecular flexibility index (Phi) is 3.46. The molecule has 0 radical (unpaired) electrons. The Morgan fingerprint density at radius 1 is 1.22 bits per heavy atom. The van der Waals surface area contributed by atoms with Crippen LogP contribution in [0.4, 0.5) is 11.4 Å². The molecule has 1 aromatic heterocycles. The summed E-state index contributed by atoms with van der Waals surface area (Å²) in [6, 6.07) is 10.9. The Balaban J connectivity index is 2.36. The van der Waals surface area contributed by atoms with Gasteiger partial charge in [0.2, 0.25) is 0 Å². The van der Waals surface area contributed by atoms with Crippen LogP contribution < -0.4 is 15.9 Å². The van der Waals surface area contributed by atoms with Crippen LogP contribution in [0.15, 0.2) is 51.7 Å². The summed E-state index contributed by atoms with van der Waals surface area (Å²) in [5.41, 5.74) is 6.03. The van der Waals surface area contributed by atoms with E-state index in [2.05, 4.69) is 0 Å². The molecular weight excluding hydrogens is 300 g/mol. The van der Waals surface area contributed by atoms with Gasteiger partial charge in [0.15, 0.2) is 11.2 Å². The minimum Gasteiger partial charge on any atom is -0.490 e. The van der Waals surface area contributed by atoms with E-state index in [-0.39, 0.29) is 22.5 Å². The highest BCUT2D eigenvalue weighted by Gasteiger charge is 2.24. The van der Waals surface area contributed by atoms with Gasteiger partial charge in [-0.15, -0.1) is 0 Å². The summed E-state index contributed by atoms with van der Waals surface area (Å²) in [4.78, 5) is 23.0. The zero-order chi connectivity index (χ0) is 16.6. The predicted octanol–water partition coefficient (Wildman–Crippen LogP) is 2.96. The molecule has 0 atom stereocenters. The van der Waals surface area contributed by atoms with Crippen molar-refractivity contribution in [1.29, 1.82) is 0 Å². The number of nitro benzene ring substituents is 1. The number of nitro groups is 1. The number of nitrogen functional groups attached to an aromatic ring is 1. The smallest absolute Gasteiger partial charge is 0.325 e. The summed E-state index contributed by atoms with van der Waals surface area (Å²) in [7, 11) is 1.30. The molecule has 0 aliphatic heterocycles. The normalized spacial score (nSPS) is 10.7. The van der Waals surface area contributed by atoms with Crippen molar-refractivity contribution in [2.75, 3.05) is 12.8 Å². The van der Waals surface area contributed by atoms with Gasteiger partial charge in [0.05, 0.1) is 12.0 Å². The highest BCUT2D eigenvalue weighted by molar-refractivity contribution is 5.91. The molecule has 0 amide bonds. The summed E-state index contributed by atoms with van der Waals surface area (Å²) < 4.78 is 10.6. The first-order valence-electron chi connectivity index (χ1n) is 6.67. The first kappa shape index (κ1) is 14.6. The van der Waals surface area contributed by atoms with E-state index in [9.17, 15) is 14.9 Å². The maximum absolute atomic E-state index is 12.4. The molecule has 7 heteroatoms. The van der Waals surface area contributed by atoms with E-state index in [0.717, 1.165) is 0 Å². The fourth-order valence-corrected chi connectivity index (χ4v) is 2.42. The summed E-state index contributed by atoms with van der Waals surface area (Å²) in [6.07, 6.45) is 0. The minimum absolute atomic E-state index is 0.00164. The Bertz CT molecular complexity index is 978. The second-order valence-corrected chi connectivity index (χ2v) is 4.81. The quantitative estimate of drug-likeness (QED) is 0.452. The lowest BCUT2D eigenvalue weighted by Crippen LogP contribution is -2.06. The molecule has 3 rings (SSSR count). The number of nitrogens with zero attached hydrogens (tertiary/aromatic N) is 1. The van der Waals surface area contributed by atoms with Gasteiger partial charge in [-0.05, 0) is 24.3 Å². The largest absolute Gasteiger partial charge is 0.490 e. The van der Waals surface area contributed by atoms with Gasteiger partial charge in [-0.2, -0.15) is 0 Å². The SMILES string of the molecule is COc1ccc2oc(-c3ccccc3N)cc(=O)c2c1[N+](=O)[O-]. The first-order valence-corrected chi connectivity index (χ1v) is 6.67. The van der Waals surface area contributed by atoms with Crippen molar-refractivity contribution in [3.8, 4) is 17.1 Å². The van der Waals surface area contributed by atoms with Crippen molar-refractivity contribution in [2.24, 2.45) is 0 Å². The molecule has 2 aromatic carbocycles. The van der Waals surface area contributed by atoms with E-state index < -0.39 is 16.0 Å². The van der Waals surface area contributed by atoms with E-state index in [1.54, 1.807) is 24.3 Å². The average molecular weight is 312 g/mol. The number of rotatable bonds is 3. The Labute approximate surface area is 130 Å². The number of hydrogen-bond donors (Lipinski definition) is 1. The van der Waals surface area contributed by atoms with Crippen LogP contribution in [0.3, 0.4) is 0 Å². The number of benzene rings is 2. The van der Waals surface area contributed by atoms with Crippen LogP contribution in [-0.4, -0.2) is 12.0 Å². The van der Waals surface area contributed by atoms with Crippen molar-refractivity contribution in [3.63, 3.8) is 0 Å². The summed E-state index contributed by atoms with van der Waals surface area (Å²) in [5.74, 6) is 0.252. The second kappa shape index (κ2) is 5.45. The van der Waals surface area contributed by atoms with Crippen LogP contribution in [0.2, 0.25) is 0 Å². The molecule has 3 aromatic rings. The van der Waals surface area contributed by atoms with E-state index in [1.807, 2.05) is 0 Å². The van der Waals surface area contributed by atoms with Crippen molar-refractivity contribution in [2.45, 2.75) is 0 Å². The van der Waals surface area contributed by atoms with Gasteiger partial charge in [0.1, 0.15) is 16.7 Å². The molecule has 23 heavy (non-hydrogen) atoms. The number of fused-ring (bicyclic) bond motifs is 1. The third-order valence-corrected chi connectivity index (χ3v) is 3.46. The zero-order valence-electron chi connectivity index (χ0n) is 12.1. The molecule has 0 aliphatic rings. The third-order valence-electron chi connectivity index (χ3n) is 3.46. The molecule has 7 nitrogen and oxygen atoms in total. The van der Waals surface area contributed by atoms with Crippen molar-refractivity contribution < 1.29 is 14.1 Å². The lowest BCUT2D eigenvalue weighted by molar-refractivity contribution is -0.384. The molecule has 0 unspecified atom stereocenters. The van der Waals surface area contributed by atoms with Gasteiger partial charge in [-0.3, -0.25) is 14.9 Å². The summed E-state index contributed by atoms with van der Waals surface area (Å²) in [5, 5.41) is 11.1. The molecule has 2 N–H and O–H groups in total. The molecule has 0 bridgehead atoms. The van der Waals surface area contributed by atoms with E-state index in [4.69, 9.17) is 14.9 Å². The van der Waals surface area contributed by atoms with Crippen LogP contribution in [0.1, 0.15) is 0 Å². The summed E-state index contributed by atoms with van der Waals surface area (Å²) >= 11 is 0. The number of anilines is 1. The second-order valence-electron chi connectivity index (χ2n) is 4.81. The van der Waals surface area contributed by atoms with E-state index >= 15 is 0 Å². The zero-order valence-corrected chi connectivity index (χ0v) is 12.1. The Hall–Kier alpha value is -3.35. The number of methoxy groups -OCH3 is 1. The Morgan fingerprint density at radius 3 is 2.61 bits per heavy atom. The maximum atomic E-state index is 12.4. The first-order chi connectivity index (χ1) is 11.0. The average Bonchev–Trinajstić information content (AvgIpc) is 2.54. The van der Waals surface area contributed by atoms with Crippen LogP contribution >= 0.6 is 0 Å². The Morgan fingerprint density at radius 2 is 1.96 bits per heavy atom. The number of ether oxygens (including phenoxy) is 1. The minimum atomic E-state index is -0.658. The maximum Gasteiger partial charge on any atom is 0.325 e. The standard InChI is InChI=1S/C16H12N2O5/c1-22-13-7-6-12-15(16(13)18(20)21)11(19)8-14(23-12)9-4-2-3-5-10(9)17/h2-8H,17H2,1H3. The highest BCUT2D eigenvalue weighted by Crippen LogP contribution is 2.35. The molecule has 0 saturated carbocycles. The molecule has 0 aliphatic carbocycles. The van der Waals surface area contributed by atoms with Crippen molar-refractivity contribution in [3.05, 3.63) is 62.8 Å². The van der Waals surface area contributed by atoms with Crippen LogP contribution in [0.5, 0.6) is 5.75 Å². The van der Waals surface area contributed by atoms with Crippen molar-refractivity contribution in [1.82, 2.24) is 0 Å². The van der Waals surface area contributed by atoms with Gasteiger partial charge < -0.3 is 14.9 Å². The molecule has 116 valence electrons. The van der Waals surface area contributed by atoms with Crippen LogP contribution in [-0.2, 0) is 0 Å². The number of hydrogen-bond acceptors (Lipinski definition) is 6. The van der Waals surface area contributed by atoms with Crippen LogP contribution in [0.25, 0.3) is 22.3 Å². The fourth-order valence-electron chi connectivity index (χ4n) is 2.42. The molecule has 0 spiro atoms. The summed E-state index contributed by atoms with van der Waals surface area (Å²) in [6.45, 7) is 0. The number of nitrogens with two attached hydrogens (primary N) is 1. The van der Waals surface area contributed by atoms with Gasteiger partial charge in [0.25, 0.3) is 0 Å². The van der Waals surface area contributed by atoms with Gasteiger partial charge >= 0.3 is 5.69 Å². The topological polar surface area (TPSA) is 109 Å². The van der Waals surface area contributed by atoms with Crippen LogP contribution in [0, 0.1) is 10.1 Å². The molecule has 0 saturated heterocycles. The van der Waals surface area contributed by atoms with E-state index in [1.165, 1.54) is 25.3 Å². The van der Waals surface area contributed by atoms with E-state index in [0.29, 0.717) is 11.3 Å². The van der Waals surface area contributed by atoms with Gasteiger partial charge in [0, 0.05) is 17.3 Å². The highest BCUT2D eigenvalue weighted by atomic mass is 16.6.